The number of anilines is 1. The summed E-state index contributed by atoms with van der Waals surface area (Å²) < 4.78 is 0. The third-order valence-electron chi connectivity index (χ3n) is 15.0. The van der Waals surface area contributed by atoms with Gasteiger partial charge >= 0.3 is 0 Å². The van der Waals surface area contributed by atoms with Gasteiger partial charge in [0.05, 0.1) is 11.1 Å². The van der Waals surface area contributed by atoms with E-state index in [1.807, 2.05) is 0 Å². The van der Waals surface area contributed by atoms with Crippen molar-refractivity contribution in [3.63, 3.8) is 0 Å². The fraction of sp³-hybridized carbons (Fsp3) is 0.161. The van der Waals surface area contributed by atoms with Crippen molar-refractivity contribution in [2.45, 2.75) is 62.2 Å². The van der Waals surface area contributed by atoms with Crippen molar-refractivity contribution in [1.29, 1.82) is 0 Å². The second kappa shape index (κ2) is 15.1. The van der Waals surface area contributed by atoms with Crippen molar-refractivity contribution in [2.75, 3.05) is 4.90 Å². The Bertz CT molecular complexity index is 3090. The summed E-state index contributed by atoms with van der Waals surface area (Å²) in [4.78, 5) is 2.68. The highest BCUT2D eigenvalue weighted by Gasteiger charge is 2.49. The van der Waals surface area contributed by atoms with E-state index < -0.39 is 5.41 Å². The first-order valence-electron chi connectivity index (χ1n) is 23.1. The standard InChI is InChI=1S/C62H51N/c1-43(32-33-44-34-35-45-18-8-9-19-47(45)40-44)46-20-16-25-50(41-46)63(59-31-17-30-57-60(59)54-27-11-12-28-55(54)61(57)38-14-15-39-61)51-36-37-53-52-26-10-13-29-56(52)62(58(53)42-51,48-21-4-2-5-22-48)49-23-6-3-7-24-49/h2-13,17-19,21-35,40-42H,1,14-16,20,36-39H2/b33-32-. The molecule has 0 atom stereocenters. The Kier molecular flexibility index (Phi) is 9.08. The van der Waals surface area contributed by atoms with Gasteiger partial charge < -0.3 is 4.90 Å². The van der Waals surface area contributed by atoms with E-state index in [0.717, 1.165) is 31.3 Å². The predicted molar refractivity (Wildman–Crippen MR) is 265 cm³/mol. The van der Waals surface area contributed by atoms with E-state index in [1.54, 1.807) is 0 Å². The molecule has 0 N–H and O–H groups in total. The van der Waals surface area contributed by atoms with E-state index in [0.29, 0.717) is 0 Å². The fourth-order valence-electron chi connectivity index (χ4n) is 12.2. The van der Waals surface area contributed by atoms with Gasteiger partial charge in [0, 0.05) is 22.4 Å². The van der Waals surface area contributed by atoms with Crippen molar-refractivity contribution < 1.29 is 0 Å². The molecule has 1 saturated carbocycles. The maximum absolute atomic E-state index is 4.70. The molecule has 63 heavy (non-hydrogen) atoms. The first-order valence-corrected chi connectivity index (χ1v) is 23.1. The average molecular weight is 810 g/mol. The molecule has 5 aliphatic rings. The lowest BCUT2D eigenvalue weighted by Gasteiger charge is -2.38. The Morgan fingerprint density at radius 1 is 0.571 bits per heavy atom. The minimum absolute atomic E-state index is 0.0803. The summed E-state index contributed by atoms with van der Waals surface area (Å²) in [6.45, 7) is 4.70. The lowest BCUT2D eigenvalue weighted by molar-refractivity contribution is 0.550. The van der Waals surface area contributed by atoms with E-state index >= 15 is 0 Å². The third-order valence-corrected chi connectivity index (χ3v) is 15.0. The molecule has 0 saturated heterocycles. The van der Waals surface area contributed by atoms with E-state index in [9.17, 15) is 0 Å². The van der Waals surface area contributed by atoms with Crippen LogP contribution in [0.5, 0.6) is 0 Å². The van der Waals surface area contributed by atoms with Crippen molar-refractivity contribution in [1.82, 2.24) is 0 Å². The molecule has 5 aliphatic carbocycles. The van der Waals surface area contributed by atoms with E-state index in [2.05, 4.69) is 205 Å². The van der Waals surface area contributed by atoms with Gasteiger partial charge in [-0.25, -0.2) is 0 Å². The SMILES string of the molecule is C=C(/C=C\c1ccc2ccccc2c1)C1=CC(N(C2=CC3=C(CC2)c2ccccc2C3(c2ccccc2)c2ccccc2)c2cccc3c2-c2ccccc2C32CCCC2)=CCC1. The maximum Gasteiger partial charge on any atom is 0.0710 e. The van der Waals surface area contributed by atoms with Crippen LogP contribution in [0.25, 0.3) is 33.5 Å². The minimum atomic E-state index is -0.450. The zero-order chi connectivity index (χ0) is 42.0. The van der Waals surface area contributed by atoms with Crippen LogP contribution in [0.3, 0.4) is 0 Å². The van der Waals surface area contributed by atoms with Gasteiger partial charge in [-0.15, -0.1) is 0 Å². The molecule has 7 aromatic carbocycles. The molecule has 0 radical (unpaired) electrons. The molecule has 304 valence electrons. The minimum Gasteiger partial charge on any atom is -0.314 e. The second-order valence-corrected chi connectivity index (χ2v) is 18.2. The highest BCUT2D eigenvalue weighted by atomic mass is 15.2. The van der Waals surface area contributed by atoms with Crippen LogP contribution in [-0.4, -0.2) is 0 Å². The lowest BCUT2D eigenvalue weighted by atomic mass is 9.66. The average Bonchev–Trinajstić information content (AvgIpc) is 4.04. The molecule has 0 unspecified atom stereocenters. The quantitative estimate of drug-likeness (QED) is 0.138. The highest BCUT2D eigenvalue weighted by Crippen LogP contribution is 2.61. The second-order valence-electron chi connectivity index (χ2n) is 18.2. The zero-order valence-electron chi connectivity index (χ0n) is 35.9. The molecule has 0 amide bonds. The Hall–Kier alpha value is -6.96. The summed E-state index contributed by atoms with van der Waals surface area (Å²) in [6.07, 6.45) is 20.8. The summed E-state index contributed by atoms with van der Waals surface area (Å²) in [6, 6.07) is 63.6. The molecule has 0 heterocycles. The molecule has 1 nitrogen and oxygen atoms in total. The van der Waals surface area contributed by atoms with E-state index in [4.69, 9.17) is 6.58 Å². The zero-order valence-corrected chi connectivity index (χ0v) is 35.9. The van der Waals surface area contributed by atoms with Gasteiger partial charge in [-0.05, 0) is 140 Å². The highest BCUT2D eigenvalue weighted by molar-refractivity contribution is 5.94. The van der Waals surface area contributed by atoms with Crippen LogP contribution in [0, 0.1) is 0 Å². The van der Waals surface area contributed by atoms with Crippen LogP contribution < -0.4 is 4.90 Å². The van der Waals surface area contributed by atoms with Gasteiger partial charge in [-0.2, -0.15) is 0 Å². The fourth-order valence-corrected chi connectivity index (χ4v) is 12.2. The molecule has 0 aliphatic heterocycles. The molecule has 7 aromatic rings. The van der Waals surface area contributed by atoms with Gasteiger partial charge in [0.1, 0.15) is 0 Å². The molecule has 0 bridgehead atoms. The topological polar surface area (TPSA) is 3.24 Å². The van der Waals surface area contributed by atoms with Crippen molar-refractivity contribution in [3.05, 3.63) is 268 Å². The Balaban J connectivity index is 1.04. The molecule has 1 fully saturated rings. The van der Waals surface area contributed by atoms with Crippen molar-refractivity contribution >= 4 is 28.1 Å². The summed E-state index contributed by atoms with van der Waals surface area (Å²) in [7, 11) is 0. The van der Waals surface area contributed by atoms with Gasteiger partial charge in [0.25, 0.3) is 0 Å². The van der Waals surface area contributed by atoms with Crippen molar-refractivity contribution in [3.8, 4) is 11.1 Å². The Labute approximate surface area is 372 Å². The Morgan fingerprint density at radius 2 is 1.24 bits per heavy atom. The maximum atomic E-state index is 4.70. The number of hydrogen-bond acceptors (Lipinski definition) is 1. The van der Waals surface area contributed by atoms with Crippen LogP contribution in [0.1, 0.15) is 90.3 Å². The smallest absolute Gasteiger partial charge is 0.0710 e. The summed E-state index contributed by atoms with van der Waals surface area (Å²) in [5, 5.41) is 2.52. The van der Waals surface area contributed by atoms with Crippen LogP contribution in [0.4, 0.5) is 5.69 Å². The number of hydrogen-bond donors (Lipinski definition) is 0. The number of nitrogens with zero attached hydrogens (tertiary/aromatic N) is 1. The van der Waals surface area contributed by atoms with Crippen molar-refractivity contribution in [2.24, 2.45) is 0 Å². The monoisotopic (exact) mass is 809 g/mol. The van der Waals surface area contributed by atoms with Gasteiger partial charge in [0.2, 0.25) is 0 Å². The number of allylic oxidation sites excluding steroid dienone is 9. The molecule has 1 spiro atoms. The van der Waals surface area contributed by atoms with Gasteiger partial charge in [-0.3, -0.25) is 0 Å². The normalized spacial score (nSPS) is 17.8. The summed E-state index contributed by atoms with van der Waals surface area (Å²) >= 11 is 0. The molecular weight excluding hydrogens is 759 g/mol. The number of fused-ring (bicyclic) bond motifs is 8. The lowest BCUT2D eigenvalue weighted by Crippen LogP contribution is -2.31. The third kappa shape index (κ3) is 5.90. The number of benzene rings is 7. The van der Waals surface area contributed by atoms with Gasteiger partial charge in [-0.1, -0.05) is 195 Å². The first-order chi connectivity index (χ1) is 31.1. The largest absolute Gasteiger partial charge is 0.314 e. The molecule has 1 heteroatoms. The molecule has 12 rings (SSSR count). The van der Waals surface area contributed by atoms with Crippen LogP contribution in [0.15, 0.2) is 229 Å². The summed E-state index contributed by atoms with van der Waals surface area (Å²) in [5.74, 6) is 0. The molecular formula is C62H51N. The van der Waals surface area contributed by atoms with E-state index in [-0.39, 0.29) is 5.41 Å². The van der Waals surface area contributed by atoms with Crippen LogP contribution >= 0.6 is 0 Å². The summed E-state index contributed by atoms with van der Waals surface area (Å²) in [5.41, 5.74) is 21.2. The van der Waals surface area contributed by atoms with E-state index in [1.165, 1.54) is 120 Å². The van der Waals surface area contributed by atoms with Crippen LogP contribution in [0.2, 0.25) is 0 Å². The predicted octanol–water partition coefficient (Wildman–Crippen LogP) is 15.8. The van der Waals surface area contributed by atoms with Crippen LogP contribution in [-0.2, 0) is 10.8 Å². The van der Waals surface area contributed by atoms with Gasteiger partial charge in [0.15, 0.2) is 0 Å². The molecule has 0 aromatic heterocycles. The first kappa shape index (κ1) is 37.8. The Morgan fingerprint density at radius 3 is 2.02 bits per heavy atom. The number of rotatable bonds is 8.